The summed E-state index contributed by atoms with van der Waals surface area (Å²) in [5.74, 6) is 0.336. The van der Waals surface area contributed by atoms with Crippen LogP contribution in [0.15, 0.2) is 72.5 Å². The number of esters is 2. The standard InChI is InChI=1S/C33H36N4O5Si/c1-7-40-30-20-25-11-10-14-28(33(39)42-22(3)41-21(2)38)31(25)29(30)19-23-15-17-24(18-16-23)26-12-8-9-13-27(26)32-34-35-36-37(32)43(4,5)6/h8-18,20,22,29H,7,19H2,1-6H3. The highest BCUT2D eigenvalue weighted by molar-refractivity contribution is 6.74. The van der Waals surface area contributed by atoms with E-state index in [1.165, 1.54) is 13.8 Å². The predicted octanol–water partition coefficient (Wildman–Crippen LogP) is 6.47. The Morgan fingerprint density at radius 3 is 2.35 bits per heavy atom. The zero-order valence-electron chi connectivity index (χ0n) is 25.3. The normalized spacial score (nSPS) is 14.9. The molecule has 0 saturated heterocycles. The number of hydrogen-bond donors (Lipinski definition) is 0. The monoisotopic (exact) mass is 596 g/mol. The molecule has 1 aliphatic rings. The third kappa shape index (κ3) is 6.44. The van der Waals surface area contributed by atoms with Gasteiger partial charge in [-0.05, 0) is 78.2 Å². The lowest BCUT2D eigenvalue weighted by Gasteiger charge is -2.21. The Balaban J connectivity index is 1.44. The smallest absolute Gasteiger partial charge is 0.341 e. The molecule has 43 heavy (non-hydrogen) atoms. The molecule has 9 nitrogen and oxygen atoms in total. The second kappa shape index (κ2) is 12.3. The van der Waals surface area contributed by atoms with Gasteiger partial charge in [-0.3, -0.25) is 9.14 Å². The van der Waals surface area contributed by atoms with Crippen LogP contribution in [0.2, 0.25) is 19.6 Å². The molecular formula is C33H36N4O5Si. The zero-order valence-corrected chi connectivity index (χ0v) is 26.3. The molecule has 1 aromatic heterocycles. The second-order valence-electron chi connectivity index (χ2n) is 11.5. The van der Waals surface area contributed by atoms with Crippen molar-refractivity contribution in [1.29, 1.82) is 0 Å². The quantitative estimate of drug-likeness (QED) is 0.116. The fourth-order valence-corrected chi connectivity index (χ4v) is 6.56. The summed E-state index contributed by atoms with van der Waals surface area (Å²) in [6.07, 6.45) is 1.62. The first kappa shape index (κ1) is 29.9. The summed E-state index contributed by atoms with van der Waals surface area (Å²) in [4.78, 5) is 24.5. The van der Waals surface area contributed by atoms with Crippen molar-refractivity contribution in [3.8, 4) is 22.5 Å². The average molecular weight is 597 g/mol. The maximum absolute atomic E-state index is 13.2. The van der Waals surface area contributed by atoms with E-state index in [1.54, 1.807) is 6.07 Å². The number of carbonyl (C=O) groups excluding carboxylic acids is 2. The fraction of sp³-hybridized carbons (Fsp3) is 0.303. The van der Waals surface area contributed by atoms with Crippen molar-refractivity contribution in [1.82, 2.24) is 19.9 Å². The molecule has 2 atom stereocenters. The zero-order chi connectivity index (χ0) is 30.7. The molecular weight excluding hydrogens is 560 g/mol. The number of rotatable bonds is 10. The van der Waals surface area contributed by atoms with E-state index in [0.717, 1.165) is 45.0 Å². The van der Waals surface area contributed by atoms with Crippen LogP contribution in [0, 0.1) is 0 Å². The predicted molar refractivity (Wildman–Crippen MR) is 167 cm³/mol. The lowest BCUT2D eigenvalue weighted by Crippen LogP contribution is -2.34. The Morgan fingerprint density at radius 2 is 1.67 bits per heavy atom. The molecule has 2 unspecified atom stereocenters. The molecule has 0 aliphatic heterocycles. The van der Waals surface area contributed by atoms with E-state index in [9.17, 15) is 9.59 Å². The van der Waals surface area contributed by atoms with Gasteiger partial charge in [0.25, 0.3) is 0 Å². The van der Waals surface area contributed by atoms with Gasteiger partial charge in [-0.25, -0.2) is 4.79 Å². The highest BCUT2D eigenvalue weighted by atomic mass is 28.3. The van der Waals surface area contributed by atoms with Gasteiger partial charge in [-0.1, -0.05) is 65.9 Å². The van der Waals surface area contributed by atoms with Crippen LogP contribution in [0.25, 0.3) is 28.6 Å². The maximum Gasteiger partial charge on any atom is 0.341 e. The highest BCUT2D eigenvalue weighted by Crippen LogP contribution is 2.42. The van der Waals surface area contributed by atoms with Crippen LogP contribution < -0.4 is 0 Å². The Hall–Kier alpha value is -4.57. The summed E-state index contributed by atoms with van der Waals surface area (Å²) >= 11 is 0. The Bertz CT molecular complexity index is 1670. The molecule has 1 heterocycles. The Morgan fingerprint density at radius 1 is 0.953 bits per heavy atom. The van der Waals surface area contributed by atoms with Crippen LogP contribution in [0.4, 0.5) is 0 Å². The van der Waals surface area contributed by atoms with Gasteiger partial charge in [-0.2, -0.15) is 0 Å². The lowest BCUT2D eigenvalue weighted by atomic mass is 9.88. The minimum absolute atomic E-state index is 0.178. The van der Waals surface area contributed by atoms with Crippen molar-refractivity contribution in [2.45, 2.75) is 59.0 Å². The summed E-state index contributed by atoms with van der Waals surface area (Å²) in [5, 5.41) is 12.7. The molecule has 0 fully saturated rings. The SMILES string of the molecule is CCOC1=Cc2cccc(C(=O)OC(C)OC(C)=O)c2C1Cc1ccc(-c2ccccc2-c2nnnn2[Si](C)(C)C)cc1. The number of nitrogens with zero attached hydrogens (tertiary/aromatic N) is 4. The Kier molecular flexibility index (Phi) is 8.58. The number of aromatic nitrogens is 4. The number of benzene rings is 3. The highest BCUT2D eigenvalue weighted by Gasteiger charge is 2.32. The van der Waals surface area contributed by atoms with Crippen molar-refractivity contribution in [2.75, 3.05) is 6.61 Å². The number of allylic oxidation sites excluding steroid dienone is 1. The first-order chi connectivity index (χ1) is 20.6. The van der Waals surface area contributed by atoms with Crippen LogP contribution in [0.3, 0.4) is 0 Å². The number of fused-ring (bicyclic) bond motifs is 1. The molecule has 0 radical (unpaired) electrons. The molecule has 0 saturated carbocycles. The first-order valence-electron chi connectivity index (χ1n) is 14.4. The lowest BCUT2D eigenvalue weighted by molar-refractivity contribution is -0.162. The Labute approximate surface area is 252 Å². The molecule has 0 bridgehead atoms. The molecule has 3 aromatic carbocycles. The first-order valence-corrected chi connectivity index (χ1v) is 17.8. The summed E-state index contributed by atoms with van der Waals surface area (Å²) in [6.45, 7) is 11.9. The summed E-state index contributed by atoms with van der Waals surface area (Å²) in [5.41, 5.74) is 6.37. The maximum atomic E-state index is 13.2. The van der Waals surface area contributed by atoms with Crippen LogP contribution in [0.1, 0.15) is 53.7 Å². The second-order valence-corrected chi connectivity index (χ2v) is 16.2. The van der Waals surface area contributed by atoms with E-state index in [0.29, 0.717) is 18.6 Å². The minimum atomic E-state index is -1.83. The molecule has 0 N–H and O–H groups in total. The average Bonchev–Trinajstić information content (AvgIpc) is 3.59. The number of hydrogen-bond acceptors (Lipinski definition) is 8. The summed E-state index contributed by atoms with van der Waals surface area (Å²) < 4.78 is 18.5. The van der Waals surface area contributed by atoms with E-state index in [4.69, 9.17) is 14.2 Å². The van der Waals surface area contributed by atoms with Gasteiger partial charge in [0.15, 0.2) is 14.1 Å². The molecule has 222 valence electrons. The van der Waals surface area contributed by atoms with E-state index >= 15 is 0 Å². The molecule has 0 spiro atoms. The number of ether oxygens (including phenoxy) is 3. The number of carbonyl (C=O) groups is 2. The van der Waals surface area contributed by atoms with Gasteiger partial charge in [0.2, 0.25) is 6.29 Å². The van der Waals surface area contributed by atoms with Crippen molar-refractivity contribution in [3.63, 3.8) is 0 Å². The van der Waals surface area contributed by atoms with Crippen molar-refractivity contribution in [2.24, 2.45) is 0 Å². The third-order valence-corrected chi connectivity index (χ3v) is 8.82. The third-order valence-electron chi connectivity index (χ3n) is 7.24. The van der Waals surface area contributed by atoms with Crippen LogP contribution >= 0.6 is 0 Å². The van der Waals surface area contributed by atoms with Gasteiger partial charge in [0.1, 0.15) is 5.76 Å². The molecule has 10 heteroatoms. The summed E-state index contributed by atoms with van der Waals surface area (Å²) in [7, 11) is -1.83. The van der Waals surface area contributed by atoms with Crippen LogP contribution in [-0.4, -0.2) is 52.9 Å². The largest absolute Gasteiger partial charge is 0.498 e. The molecule has 1 aliphatic carbocycles. The van der Waals surface area contributed by atoms with E-state index in [-0.39, 0.29) is 5.92 Å². The van der Waals surface area contributed by atoms with Gasteiger partial charge < -0.3 is 14.2 Å². The van der Waals surface area contributed by atoms with Gasteiger partial charge in [-0.15, -0.1) is 5.10 Å². The van der Waals surface area contributed by atoms with Gasteiger partial charge in [0.05, 0.1) is 12.2 Å². The molecule has 0 amide bonds. The molecule has 4 aromatic rings. The van der Waals surface area contributed by atoms with E-state index in [1.807, 2.05) is 41.6 Å². The van der Waals surface area contributed by atoms with Crippen molar-refractivity contribution >= 4 is 26.3 Å². The van der Waals surface area contributed by atoms with Gasteiger partial charge >= 0.3 is 11.9 Å². The topological polar surface area (TPSA) is 105 Å². The minimum Gasteiger partial charge on any atom is -0.498 e. The van der Waals surface area contributed by atoms with Crippen molar-refractivity contribution in [3.05, 3.63) is 94.7 Å². The van der Waals surface area contributed by atoms with E-state index < -0.39 is 26.5 Å². The van der Waals surface area contributed by atoms with Crippen molar-refractivity contribution < 1.29 is 23.8 Å². The fourth-order valence-electron chi connectivity index (χ4n) is 5.45. The van der Waals surface area contributed by atoms with Gasteiger partial charge in [0, 0.05) is 25.3 Å². The van der Waals surface area contributed by atoms with Crippen LogP contribution in [0.5, 0.6) is 0 Å². The van der Waals surface area contributed by atoms with E-state index in [2.05, 4.69) is 71.6 Å². The van der Waals surface area contributed by atoms with Crippen LogP contribution in [-0.2, 0) is 25.4 Å². The number of tetrazole rings is 1. The molecule has 5 rings (SSSR count). The summed E-state index contributed by atoms with van der Waals surface area (Å²) in [6, 6.07) is 22.1.